The molecule has 0 amide bonds. The fourth-order valence-electron chi connectivity index (χ4n) is 5.26. The number of anilines is 1. The molecule has 1 aromatic heterocycles. The van der Waals surface area contributed by atoms with E-state index < -0.39 is 0 Å². The molecule has 5 nitrogen and oxygen atoms in total. The Morgan fingerprint density at radius 3 is 2.14 bits per heavy atom. The second kappa shape index (κ2) is 13.2. The Morgan fingerprint density at radius 1 is 0.943 bits per heavy atom. The fraction of sp³-hybridized carbons (Fsp3) is 0.633. The SMILES string of the molecule is CC(C)C(=O)C1CCCCC1.Cc1ccc(-c2cnc(NC3CC(C)CN(C(C)C)C3)nc2)cc1. The molecular formula is C30H46N4O. The largest absolute Gasteiger partial charge is 0.350 e. The van der Waals surface area contributed by atoms with Crippen LogP contribution in [0.3, 0.4) is 0 Å². The lowest BCUT2D eigenvalue weighted by molar-refractivity contribution is -0.126. The third-order valence-corrected chi connectivity index (χ3v) is 7.36. The van der Waals surface area contributed by atoms with Crippen LogP contribution < -0.4 is 5.32 Å². The molecule has 0 radical (unpaired) electrons. The monoisotopic (exact) mass is 478 g/mol. The van der Waals surface area contributed by atoms with Crippen LogP contribution in [-0.2, 0) is 4.79 Å². The highest BCUT2D eigenvalue weighted by Gasteiger charge is 2.26. The minimum atomic E-state index is 0.248. The first-order valence-electron chi connectivity index (χ1n) is 13.7. The number of nitrogens with zero attached hydrogens (tertiary/aromatic N) is 3. The summed E-state index contributed by atoms with van der Waals surface area (Å²) < 4.78 is 0. The number of likely N-dealkylation sites (tertiary alicyclic amines) is 1. The lowest BCUT2D eigenvalue weighted by Gasteiger charge is -2.39. The molecule has 1 N–H and O–H groups in total. The first-order chi connectivity index (χ1) is 16.7. The molecule has 1 aliphatic heterocycles. The third-order valence-electron chi connectivity index (χ3n) is 7.36. The van der Waals surface area contributed by atoms with Gasteiger partial charge in [0.2, 0.25) is 5.95 Å². The number of hydrogen-bond donors (Lipinski definition) is 1. The van der Waals surface area contributed by atoms with Gasteiger partial charge in [0.15, 0.2) is 0 Å². The molecule has 35 heavy (non-hydrogen) atoms. The zero-order valence-corrected chi connectivity index (χ0v) is 22.8. The molecule has 0 spiro atoms. The van der Waals surface area contributed by atoms with Gasteiger partial charge in [0, 0.05) is 55.0 Å². The van der Waals surface area contributed by atoms with Gasteiger partial charge in [0.1, 0.15) is 5.78 Å². The molecule has 1 saturated heterocycles. The van der Waals surface area contributed by atoms with Gasteiger partial charge < -0.3 is 5.32 Å². The van der Waals surface area contributed by atoms with E-state index in [1.54, 1.807) is 0 Å². The van der Waals surface area contributed by atoms with E-state index in [0.717, 1.165) is 36.5 Å². The molecule has 2 aromatic rings. The Morgan fingerprint density at radius 2 is 1.57 bits per heavy atom. The number of hydrogen-bond acceptors (Lipinski definition) is 5. The number of carbonyl (C=O) groups excluding carboxylic acids is 1. The van der Waals surface area contributed by atoms with Gasteiger partial charge >= 0.3 is 0 Å². The summed E-state index contributed by atoms with van der Waals surface area (Å²) in [7, 11) is 0. The number of piperidine rings is 1. The molecule has 2 atom stereocenters. The lowest BCUT2D eigenvalue weighted by Crippen LogP contribution is -2.48. The second-order valence-corrected chi connectivity index (χ2v) is 11.3. The van der Waals surface area contributed by atoms with Crippen LogP contribution in [0.25, 0.3) is 11.1 Å². The first-order valence-corrected chi connectivity index (χ1v) is 13.7. The lowest BCUT2D eigenvalue weighted by atomic mass is 9.83. The molecule has 2 aliphatic rings. The number of benzene rings is 1. The van der Waals surface area contributed by atoms with Crippen LogP contribution in [0.1, 0.15) is 78.7 Å². The molecule has 1 aliphatic carbocycles. The van der Waals surface area contributed by atoms with Crippen molar-refractivity contribution in [2.75, 3.05) is 18.4 Å². The molecule has 1 aromatic carbocycles. The summed E-state index contributed by atoms with van der Waals surface area (Å²) in [6.07, 6.45) is 11.2. The summed E-state index contributed by atoms with van der Waals surface area (Å²) in [5, 5.41) is 3.52. The molecule has 2 heterocycles. The minimum Gasteiger partial charge on any atom is -0.350 e. The van der Waals surface area contributed by atoms with E-state index in [1.807, 2.05) is 26.2 Å². The van der Waals surface area contributed by atoms with Crippen molar-refractivity contribution in [1.82, 2.24) is 14.9 Å². The van der Waals surface area contributed by atoms with Crippen molar-refractivity contribution < 1.29 is 4.79 Å². The number of nitrogens with one attached hydrogen (secondary N) is 1. The van der Waals surface area contributed by atoms with E-state index in [4.69, 9.17) is 0 Å². The van der Waals surface area contributed by atoms with Crippen LogP contribution in [-0.4, -0.2) is 45.8 Å². The maximum Gasteiger partial charge on any atom is 0.222 e. The summed E-state index contributed by atoms with van der Waals surface area (Å²) in [4.78, 5) is 23.1. The predicted octanol–water partition coefficient (Wildman–Crippen LogP) is 6.77. The van der Waals surface area contributed by atoms with Gasteiger partial charge in [0.05, 0.1) is 0 Å². The van der Waals surface area contributed by atoms with Crippen LogP contribution in [0.15, 0.2) is 36.7 Å². The van der Waals surface area contributed by atoms with E-state index in [-0.39, 0.29) is 5.92 Å². The number of ketones is 1. The number of rotatable bonds is 6. The van der Waals surface area contributed by atoms with Gasteiger partial charge in [-0.1, -0.05) is 69.9 Å². The number of Topliss-reactive ketones (excluding diaryl/α,β-unsaturated/α-hetero) is 1. The maximum absolute atomic E-state index is 11.5. The van der Waals surface area contributed by atoms with Crippen molar-refractivity contribution in [3.05, 3.63) is 42.2 Å². The van der Waals surface area contributed by atoms with Gasteiger partial charge in [-0.15, -0.1) is 0 Å². The van der Waals surface area contributed by atoms with E-state index in [1.165, 1.54) is 37.8 Å². The van der Waals surface area contributed by atoms with Crippen molar-refractivity contribution in [2.24, 2.45) is 17.8 Å². The van der Waals surface area contributed by atoms with E-state index in [0.29, 0.717) is 29.7 Å². The molecule has 2 unspecified atom stereocenters. The Balaban J connectivity index is 0.000000261. The van der Waals surface area contributed by atoms with Gasteiger partial charge in [-0.2, -0.15) is 0 Å². The Hall–Kier alpha value is -2.27. The average molecular weight is 479 g/mol. The smallest absolute Gasteiger partial charge is 0.222 e. The Kier molecular flexibility index (Phi) is 10.3. The van der Waals surface area contributed by atoms with Gasteiger partial charge in [-0.3, -0.25) is 9.69 Å². The summed E-state index contributed by atoms with van der Waals surface area (Å²) in [5.41, 5.74) is 3.48. The quantitative estimate of drug-likeness (QED) is 0.496. The first kappa shape index (κ1) is 27.3. The van der Waals surface area contributed by atoms with Crippen LogP contribution in [0, 0.1) is 24.7 Å². The van der Waals surface area contributed by atoms with E-state index >= 15 is 0 Å². The molecule has 5 heteroatoms. The second-order valence-electron chi connectivity index (χ2n) is 11.3. The van der Waals surface area contributed by atoms with Crippen molar-refractivity contribution >= 4 is 11.7 Å². The van der Waals surface area contributed by atoms with Gasteiger partial charge in [-0.25, -0.2) is 9.97 Å². The van der Waals surface area contributed by atoms with Crippen molar-refractivity contribution in [2.45, 2.75) is 92.2 Å². The van der Waals surface area contributed by atoms with Crippen LogP contribution in [0.2, 0.25) is 0 Å². The van der Waals surface area contributed by atoms with Crippen molar-refractivity contribution in [3.8, 4) is 11.1 Å². The highest BCUT2D eigenvalue weighted by atomic mass is 16.1. The molecule has 0 bridgehead atoms. The predicted molar refractivity (Wildman–Crippen MR) is 147 cm³/mol. The molecular weight excluding hydrogens is 432 g/mol. The van der Waals surface area contributed by atoms with E-state index in [2.05, 4.69) is 72.1 Å². The van der Waals surface area contributed by atoms with Gasteiger partial charge in [0.25, 0.3) is 0 Å². The summed E-state index contributed by atoms with van der Waals surface area (Å²) in [6.45, 7) is 15.2. The number of aryl methyl sites for hydroxylation is 1. The van der Waals surface area contributed by atoms with Crippen molar-refractivity contribution in [1.29, 1.82) is 0 Å². The highest BCUT2D eigenvalue weighted by molar-refractivity contribution is 5.82. The molecule has 2 fully saturated rings. The summed E-state index contributed by atoms with van der Waals surface area (Å²) >= 11 is 0. The van der Waals surface area contributed by atoms with Crippen LogP contribution in [0.5, 0.6) is 0 Å². The summed E-state index contributed by atoms with van der Waals surface area (Å²) in [6, 6.07) is 9.47. The number of aromatic nitrogens is 2. The Labute approximate surface area is 213 Å². The Bertz CT molecular complexity index is 901. The standard InChI is InChI=1S/C20H28N4.C10H18O/c1-14(2)24-12-16(4)9-19(13-24)23-20-21-10-18(11-22-20)17-7-5-15(3)6-8-17;1-8(2)10(11)9-6-4-3-5-7-9/h5-8,10-11,14,16,19H,9,12-13H2,1-4H3,(H,21,22,23);8-9H,3-7H2,1-2H3. The van der Waals surface area contributed by atoms with Gasteiger partial charge in [-0.05, 0) is 51.5 Å². The zero-order valence-electron chi connectivity index (χ0n) is 22.8. The van der Waals surface area contributed by atoms with Crippen LogP contribution in [0.4, 0.5) is 5.95 Å². The fourth-order valence-corrected chi connectivity index (χ4v) is 5.26. The molecule has 1 saturated carbocycles. The maximum atomic E-state index is 11.5. The van der Waals surface area contributed by atoms with Crippen LogP contribution >= 0.6 is 0 Å². The molecule has 4 rings (SSSR count). The third kappa shape index (κ3) is 8.42. The summed E-state index contributed by atoms with van der Waals surface area (Å²) in [5.74, 6) is 2.57. The topological polar surface area (TPSA) is 58.1 Å². The number of carbonyl (C=O) groups is 1. The average Bonchev–Trinajstić information content (AvgIpc) is 2.85. The normalized spacial score (nSPS) is 21.5. The highest BCUT2D eigenvalue weighted by Crippen LogP contribution is 2.26. The molecule has 192 valence electrons. The van der Waals surface area contributed by atoms with Crippen molar-refractivity contribution in [3.63, 3.8) is 0 Å². The van der Waals surface area contributed by atoms with E-state index in [9.17, 15) is 4.79 Å². The zero-order chi connectivity index (χ0) is 25.4. The minimum absolute atomic E-state index is 0.248.